The molecule has 200 valence electrons. The summed E-state index contributed by atoms with van der Waals surface area (Å²) >= 11 is 0. The molecule has 0 saturated heterocycles. The number of nitrogens with zero attached hydrogens (tertiary/aromatic N) is 3. The van der Waals surface area contributed by atoms with Crippen LogP contribution in [0.25, 0.3) is 16.7 Å². The average Bonchev–Trinajstić information content (AvgIpc) is 3.28. The Bertz CT molecular complexity index is 1540. The molecule has 4 aromatic rings. The molecule has 0 aliphatic heterocycles. The van der Waals surface area contributed by atoms with Crippen LogP contribution in [0.15, 0.2) is 59.5 Å². The van der Waals surface area contributed by atoms with Crippen LogP contribution >= 0.6 is 0 Å². The fourth-order valence-corrected chi connectivity index (χ4v) is 5.18. The van der Waals surface area contributed by atoms with E-state index in [-0.39, 0.29) is 17.4 Å². The molecule has 0 aliphatic rings. The molecule has 4 rings (SSSR count). The number of fused-ring (bicyclic) bond motifs is 1. The fourth-order valence-electron chi connectivity index (χ4n) is 4.29. The first-order chi connectivity index (χ1) is 18.1. The van der Waals surface area contributed by atoms with E-state index < -0.39 is 16.1 Å². The van der Waals surface area contributed by atoms with Gasteiger partial charge in [-0.3, -0.25) is 9.55 Å². The third-order valence-electron chi connectivity index (χ3n) is 6.38. The second-order valence-electron chi connectivity index (χ2n) is 9.57. The summed E-state index contributed by atoms with van der Waals surface area (Å²) in [4.78, 5) is 21.9. The minimum Gasteiger partial charge on any atom is -0.448 e. The molecule has 0 aliphatic carbocycles. The highest BCUT2D eigenvalue weighted by atomic mass is 32.2. The van der Waals surface area contributed by atoms with E-state index in [1.807, 2.05) is 35.9 Å². The van der Waals surface area contributed by atoms with Crippen molar-refractivity contribution in [2.45, 2.75) is 64.7 Å². The number of pyridine rings is 1. The quantitative estimate of drug-likeness (QED) is 0.298. The Balaban J connectivity index is 1.46. The van der Waals surface area contributed by atoms with Gasteiger partial charge in [-0.15, -0.1) is 0 Å². The molecule has 0 saturated carbocycles. The maximum absolute atomic E-state index is 12.4. The van der Waals surface area contributed by atoms with Crippen LogP contribution in [-0.4, -0.2) is 35.7 Å². The summed E-state index contributed by atoms with van der Waals surface area (Å²) in [5.41, 5.74) is 6.94. The van der Waals surface area contributed by atoms with Gasteiger partial charge >= 0.3 is 6.09 Å². The summed E-state index contributed by atoms with van der Waals surface area (Å²) in [7, 11) is -3.98. The molecule has 8 nitrogen and oxygen atoms in total. The summed E-state index contributed by atoms with van der Waals surface area (Å²) in [6, 6.07) is 16.4. The number of aromatic nitrogens is 3. The van der Waals surface area contributed by atoms with Crippen molar-refractivity contribution in [1.82, 2.24) is 19.3 Å². The first kappa shape index (κ1) is 27.3. The van der Waals surface area contributed by atoms with Gasteiger partial charge in [0.2, 0.25) is 0 Å². The van der Waals surface area contributed by atoms with E-state index in [4.69, 9.17) is 14.7 Å². The lowest BCUT2D eigenvalue weighted by atomic mass is 10.1. The van der Waals surface area contributed by atoms with E-state index in [9.17, 15) is 13.2 Å². The molecule has 0 unspecified atom stereocenters. The smallest absolute Gasteiger partial charge is 0.421 e. The average molecular weight is 535 g/mol. The first-order valence-electron chi connectivity index (χ1n) is 12.9. The van der Waals surface area contributed by atoms with Gasteiger partial charge in [0.15, 0.2) is 0 Å². The molecule has 2 aromatic carbocycles. The molecular formula is C29H34N4O4S. The molecule has 0 bridgehead atoms. The lowest BCUT2D eigenvalue weighted by molar-refractivity contribution is 0.154. The number of nitrogens with one attached hydrogen (secondary N) is 1. The van der Waals surface area contributed by atoms with E-state index in [1.165, 1.54) is 12.1 Å². The predicted octanol–water partition coefficient (Wildman–Crippen LogP) is 5.63. The van der Waals surface area contributed by atoms with Gasteiger partial charge in [0.1, 0.15) is 11.3 Å². The number of hydrogen-bond acceptors (Lipinski definition) is 6. The third kappa shape index (κ3) is 5.88. The number of benzene rings is 2. The number of sulfonamides is 1. The van der Waals surface area contributed by atoms with E-state index in [1.54, 1.807) is 12.1 Å². The minimum atomic E-state index is -3.98. The zero-order valence-corrected chi connectivity index (χ0v) is 23.3. The number of carbonyl (C=O) groups excluding carboxylic acids is 1. The number of carbonyl (C=O) groups is 1. The molecule has 0 radical (unpaired) electrons. The van der Waals surface area contributed by atoms with E-state index in [0.717, 1.165) is 57.9 Å². The van der Waals surface area contributed by atoms with E-state index in [2.05, 4.69) is 38.3 Å². The molecule has 1 N–H and O–H groups in total. The monoisotopic (exact) mass is 534 g/mol. The third-order valence-corrected chi connectivity index (χ3v) is 7.70. The topological polar surface area (TPSA) is 103 Å². The fraction of sp³-hybridized carbons (Fsp3) is 0.345. The Labute approximate surface area is 224 Å². The summed E-state index contributed by atoms with van der Waals surface area (Å²) in [6.07, 6.45) is 1.12. The van der Waals surface area contributed by atoms with Crippen molar-refractivity contribution in [3.05, 3.63) is 82.9 Å². The highest BCUT2D eigenvalue weighted by molar-refractivity contribution is 7.90. The zero-order chi connectivity index (χ0) is 27.4. The molecule has 2 aromatic heterocycles. The maximum atomic E-state index is 12.4. The second kappa shape index (κ2) is 11.3. The standard InChI is InChI=1S/C29H34N4O4S/c1-6-22-18-26-27(25(7-2)30-22)31-28(19(3)4)33(26)23-12-10-21(11-13-23)16-17-37-29(34)32-38(35,36)24-14-8-20(5)9-15-24/h8-15,18-19H,6-7,16-17H2,1-5H3,(H,32,34). The number of imidazole rings is 1. The largest absolute Gasteiger partial charge is 0.448 e. The molecule has 0 spiro atoms. The van der Waals surface area contributed by atoms with Gasteiger partial charge in [-0.05, 0) is 55.7 Å². The molecule has 2 heterocycles. The number of rotatable bonds is 9. The van der Waals surface area contributed by atoms with Gasteiger partial charge in [-0.25, -0.2) is 22.9 Å². The Hall–Kier alpha value is -3.72. The van der Waals surface area contributed by atoms with Crippen molar-refractivity contribution in [2.24, 2.45) is 0 Å². The van der Waals surface area contributed by atoms with Gasteiger partial charge in [-0.1, -0.05) is 57.5 Å². The van der Waals surface area contributed by atoms with Crippen molar-refractivity contribution in [3.8, 4) is 5.69 Å². The first-order valence-corrected chi connectivity index (χ1v) is 14.4. The summed E-state index contributed by atoms with van der Waals surface area (Å²) < 4.78 is 34.0. The normalized spacial score (nSPS) is 11.7. The Kier molecular flexibility index (Phi) is 8.16. The van der Waals surface area contributed by atoms with Crippen LogP contribution in [0, 0.1) is 6.92 Å². The summed E-state index contributed by atoms with van der Waals surface area (Å²) in [5, 5.41) is 0. The predicted molar refractivity (Wildman–Crippen MR) is 148 cm³/mol. The number of aryl methyl sites for hydroxylation is 3. The van der Waals surface area contributed by atoms with Crippen LogP contribution < -0.4 is 4.72 Å². The number of hydrogen-bond donors (Lipinski definition) is 1. The molecule has 38 heavy (non-hydrogen) atoms. The highest BCUT2D eigenvalue weighted by Gasteiger charge is 2.20. The zero-order valence-electron chi connectivity index (χ0n) is 22.5. The van der Waals surface area contributed by atoms with Crippen LogP contribution in [0.2, 0.25) is 0 Å². The van der Waals surface area contributed by atoms with Crippen LogP contribution in [0.1, 0.15) is 62.0 Å². The SMILES string of the molecule is CCc1cc2c(nc(C(C)C)n2-c2ccc(CCOC(=O)NS(=O)(=O)c3ccc(C)cc3)cc2)c(CC)n1. The molecule has 9 heteroatoms. The van der Waals surface area contributed by atoms with Crippen molar-refractivity contribution >= 4 is 27.1 Å². The van der Waals surface area contributed by atoms with Crippen molar-refractivity contribution in [3.63, 3.8) is 0 Å². The lowest BCUT2D eigenvalue weighted by Crippen LogP contribution is -2.31. The summed E-state index contributed by atoms with van der Waals surface area (Å²) in [6.45, 7) is 10.4. The lowest BCUT2D eigenvalue weighted by Gasteiger charge is -2.13. The van der Waals surface area contributed by atoms with E-state index in [0.29, 0.717) is 6.42 Å². The Morgan fingerprint density at radius 3 is 2.29 bits per heavy atom. The summed E-state index contributed by atoms with van der Waals surface area (Å²) in [5.74, 6) is 1.20. The van der Waals surface area contributed by atoms with Crippen molar-refractivity contribution in [1.29, 1.82) is 0 Å². The molecule has 1 amide bonds. The van der Waals surface area contributed by atoms with Gasteiger partial charge < -0.3 is 4.74 Å². The van der Waals surface area contributed by atoms with E-state index >= 15 is 0 Å². The van der Waals surface area contributed by atoms with Gasteiger partial charge in [-0.2, -0.15) is 0 Å². The maximum Gasteiger partial charge on any atom is 0.421 e. The van der Waals surface area contributed by atoms with Crippen molar-refractivity contribution < 1.29 is 17.9 Å². The van der Waals surface area contributed by atoms with Crippen molar-refractivity contribution in [2.75, 3.05) is 6.61 Å². The second-order valence-corrected chi connectivity index (χ2v) is 11.2. The highest BCUT2D eigenvalue weighted by Crippen LogP contribution is 2.29. The number of amides is 1. The van der Waals surface area contributed by atoms with Gasteiger partial charge in [0, 0.05) is 23.7 Å². The molecule has 0 atom stereocenters. The molecular weight excluding hydrogens is 500 g/mol. The van der Waals surface area contributed by atoms with Crippen LogP contribution in [0.4, 0.5) is 4.79 Å². The Morgan fingerprint density at radius 2 is 1.68 bits per heavy atom. The number of ether oxygens (including phenoxy) is 1. The minimum absolute atomic E-state index is 0.0105. The van der Waals surface area contributed by atoms with Gasteiger partial charge in [0.25, 0.3) is 10.0 Å². The van der Waals surface area contributed by atoms with Crippen LogP contribution in [0.5, 0.6) is 0 Å². The molecule has 0 fully saturated rings. The van der Waals surface area contributed by atoms with Crippen LogP contribution in [-0.2, 0) is 34.0 Å². The van der Waals surface area contributed by atoms with Crippen LogP contribution in [0.3, 0.4) is 0 Å². The Morgan fingerprint density at radius 1 is 1.00 bits per heavy atom. The van der Waals surface area contributed by atoms with Gasteiger partial charge in [0.05, 0.1) is 22.7 Å².